The summed E-state index contributed by atoms with van der Waals surface area (Å²) in [4.78, 5) is 24.1. The van der Waals surface area contributed by atoms with E-state index < -0.39 is 6.10 Å². The molecule has 0 spiro atoms. The first-order valence-corrected chi connectivity index (χ1v) is 8.56. The third-order valence-corrected chi connectivity index (χ3v) is 4.16. The molecule has 5 heteroatoms. The van der Waals surface area contributed by atoms with Crippen molar-refractivity contribution in [3.63, 3.8) is 0 Å². The number of halogens is 1. The fourth-order valence-electron chi connectivity index (χ4n) is 2.23. The molecule has 2 atom stereocenters. The highest BCUT2D eigenvalue weighted by molar-refractivity contribution is 9.10. The molecule has 0 radical (unpaired) electrons. The maximum Gasteiger partial charge on any atom is 0.307 e. The van der Waals surface area contributed by atoms with Crippen LogP contribution in [0.25, 0.3) is 0 Å². The average Bonchev–Trinajstić information content (AvgIpc) is 2.57. The first-order valence-electron chi connectivity index (χ1n) is 7.76. The van der Waals surface area contributed by atoms with Gasteiger partial charge in [0.1, 0.15) is 0 Å². The monoisotopic (exact) mass is 389 g/mol. The van der Waals surface area contributed by atoms with Crippen molar-refractivity contribution in [2.75, 3.05) is 5.32 Å². The van der Waals surface area contributed by atoms with Crippen LogP contribution in [-0.4, -0.2) is 18.0 Å². The summed E-state index contributed by atoms with van der Waals surface area (Å²) in [7, 11) is 0. The van der Waals surface area contributed by atoms with Crippen molar-refractivity contribution in [3.05, 3.63) is 64.6 Å². The highest BCUT2D eigenvalue weighted by atomic mass is 79.9. The van der Waals surface area contributed by atoms with Crippen molar-refractivity contribution in [2.24, 2.45) is 0 Å². The van der Waals surface area contributed by atoms with E-state index in [2.05, 4.69) is 21.2 Å². The van der Waals surface area contributed by atoms with Gasteiger partial charge in [-0.2, -0.15) is 0 Å². The molecule has 0 fully saturated rings. The molecule has 0 bridgehead atoms. The Morgan fingerprint density at radius 1 is 1.04 bits per heavy atom. The highest BCUT2D eigenvalue weighted by Gasteiger charge is 2.20. The third-order valence-electron chi connectivity index (χ3n) is 3.63. The number of esters is 1. The van der Waals surface area contributed by atoms with Gasteiger partial charge in [0.2, 0.25) is 0 Å². The Morgan fingerprint density at radius 2 is 1.67 bits per heavy atom. The number of carbonyl (C=O) groups excluding carboxylic acids is 2. The predicted octanol–water partition coefficient (Wildman–Crippen LogP) is 4.51. The molecule has 2 aromatic rings. The fourth-order valence-corrected chi connectivity index (χ4v) is 2.49. The largest absolute Gasteiger partial charge is 0.453 e. The van der Waals surface area contributed by atoms with Gasteiger partial charge in [0.15, 0.2) is 6.10 Å². The minimum atomic E-state index is -0.843. The molecule has 0 aromatic heterocycles. The summed E-state index contributed by atoms with van der Waals surface area (Å²) < 4.78 is 6.17. The molecule has 0 aliphatic carbocycles. The zero-order valence-electron chi connectivity index (χ0n) is 13.7. The van der Waals surface area contributed by atoms with Gasteiger partial charge in [0, 0.05) is 10.2 Å². The molecule has 0 aliphatic heterocycles. The molecule has 0 saturated heterocycles. The summed E-state index contributed by atoms with van der Waals surface area (Å²) in [5.74, 6) is -0.691. The number of nitrogens with one attached hydrogen (secondary N) is 1. The summed E-state index contributed by atoms with van der Waals surface area (Å²) in [6.07, 6.45) is -0.607. The van der Waals surface area contributed by atoms with Gasteiger partial charge in [0.25, 0.3) is 5.91 Å². The van der Waals surface area contributed by atoms with Gasteiger partial charge < -0.3 is 10.1 Å². The van der Waals surface area contributed by atoms with Crippen LogP contribution in [0, 0.1) is 0 Å². The third kappa shape index (κ3) is 5.49. The topological polar surface area (TPSA) is 55.4 Å². The van der Waals surface area contributed by atoms with Gasteiger partial charge in [-0.05, 0) is 42.7 Å². The highest BCUT2D eigenvalue weighted by Crippen LogP contribution is 2.19. The van der Waals surface area contributed by atoms with Gasteiger partial charge in [-0.3, -0.25) is 9.59 Å². The second-order valence-electron chi connectivity index (χ2n) is 5.64. The molecule has 2 rings (SSSR count). The molecule has 0 aliphatic rings. The van der Waals surface area contributed by atoms with Crippen LogP contribution in [-0.2, 0) is 14.3 Å². The molecule has 1 N–H and O–H groups in total. The van der Waals surface area contributed by atoms with Crippen LogP contribution in [0.4, 0.5) is 5.69 Å². The number of rotatable bonds is 6. The second kappa shape index (κ2) is 8.64. The van der Waals surface area contributed by atoms with Crippen LogP contribution in [0.5, 0.6) is 0 Å². The van der Waals surface area contributed by atoms with Crippen LogP contribution in [0.3, 0.4) is 0 Å². The van der Waals surface area contributed by atoms with Crippen molar-refractivity contribution < 1.29 is 14.3 Å². The van der Waals surface area contributed by atoms with Crippen molar-refractivity contribution in [3.8, 4) is 0 Å². The van der Waals surface area contributed by atoms with Crippen molar-refractivity contribution in [1.29, 1.82) is 0 Å². The van der Waals surface area contributed by atoms with Gasteiger partial charge in [0.05, 0.1) is 6.42 Å². The summed E-state index contributed by atoms with van der Waals surface area (Å²) in [5.41, 5.74) is 1.73. The molecule has 2 aromatic carbocycles. The molecule has 1 amide bonds. The molecule has 0 heterocycles. The van der Waals surface area contributed by atoms with Crippen LogP contribution >= 0.6 is 15.9 Å². The lowest BCUT2D eigenvalue weighted by atomic mass is 9.98. The number of ether oxygens (including phenoxy) is 1. The van der Waals surface area contributed by atoms with E-state index in [-0.39, 0.29) is 24.2 Å². The smallest absolute Gasteiger partial charge is 0.307 e. The summed E-state index contributed by atoms with van der Waals surface area (Å²) >= 11 is 3.33. The molecular formula is C19H20BrNO3. The zero-order chi connectivity index (χ0) is 17.5. The maximum atomic E-state index is 12.1. The van der Waals surface area contributed by atoms with Crippen LogP contribution in [0.2, 0.25) is 0 Å². The zero-order valence-corrected chi connectivity index (χ0v) is 15.2. The van der Waals surface area contributed by atoms with E-state index in [1.54, 1.807) is 19.1 Å². The number of carbonyl (C=O) groups is 2. The van der Waals surface area contributed by atoms with E-state index in [0.29, 0.717) is 5.69 Å². The minimum Gasteiger partial charge on any atom is -0.453 e. The maximum absolute atomic E-state index is 12.1. The van der Waals surface area contributed by atoms with Crippen molar-refractivity contribution in [1.82, 2.24) is 0 Å². The van der Waals surface area contributed by atoms with E-state index in [1.807, 2.05) is 49.4 Å². The van der Waals surface area contributed by atoms with Gasteiger partial charge in [-0.15, -0.1) is 0 Å². The van der Waals surface area contributed by atoms with Crippen LogP contribution in [0.1, 0.15) is 31.7 Å². The lowest BCUT2D eigenvalue weighted by molar-refractivity contribution is -0.153. The van der Waals surface area contributed by atoms with E-state index in [9.17, 15) is 9.59 Å². The van der Waals surface area contributed by atoms with E-state index in [1.165, 1.54) is 0 Å². The van der Waals surface area contributed by atoms with E-state index in [0.717, 1.165) is 10.0 Å². The normalized spacial score (nSPS) is 13.0. The number of hydrogen-bond donors (Lipinski definition) is 1. The Morgan fingerprint density at radius 3 is 2.29 bits per heavy atom. The van der Waals surface area contributed by atoms with Crippen LogP contribution in [0.15, 0.2) is 59.1 Å². The van der Waals surface area contributed by atoms with Gasteiger partial charge in [-0.1, -0.05) is 53.2 Å². The first kappa shape index (κ1) is 18.2. The predicted molar refractivity (Wildman–Crippen MR) is 97.8 cm³/mol. The van der Waals surface area contributed by atoms with Crippen molar-refractivity contribution >= 4 is 33.5 Å². The van der Waals surface area contributed by atoms with Gasteiger partial charge in [-0.25, -0.2) is 0 Å². The quantitative estimate of drug-likeness (QED) is 0.739. The van der Waals surface area contributed by atoms with Crippen LogP contribution < -0.4 is 5.32 Å². The van der Waals surface area contributed by atoms with E-state index >= 15 is 0 Å². The molecule has 126 valence electrons. The summed E-state index contributed by atoms with van der Waals surface area (Å²) in [5, 5.41) is 2.72. The average molecular weight is 390 g/mol. The Kier molecular flexibility index (Phi) is 6.55. The Bertz CT molecular complexity index is 686. The van der Waals surface area contributed by atoms with Gasteiger partial charge >= 0.3 is 5.97 Å². The molecule has 24 heavy (non-hydrogen) atoms. The number of amides is 1. The Labute approximate surface area is 150 Å². The fraction of sp³-hybridized carbons (Fsp3) is 0.263. The first-order chi connectivity index (χ1) is 11.5. The number of anilines is 1. The number of benzene rings is 2. The lowest BCUT2D eigenvalue weighted by Gasteiger charge is -2.16. The number of hydrogen-bond acceptors (Lipinski definition) is 3. The minimum absolute atomic E-state index is 0.0421. The Hall–Kier alpha value is -2.14. The van der Waals surface area contributed by atoms with E-state index in [4.69, 9.17) is 4.74 Å². The molecule has 4 nitrogen and oxygen atoms in total. The van der Waals surface area contributed by atoms with Crippen molar-refractivity contribution in [2.45, 2.75) is 32.3 Å². The molecular weight excluding hydrogens is 370 g/mol. The standard InChI is InChI=1S/C19H20BrNO3/c1-13(15-6-4-3-5-7-15)12-18(22)24-14(2)19(23)21-17-10-8-16(20)9-11-17/h3-11,13-14H,12H2,1-2H3,(H,21,23). The summed E-state index contributed by atoms with van der Waals surface area (Å²) in [6.45, 7) is 3.53. The molecule has 0 saturated carbocycles. The Balaban J connectivity index is 1.84. The second-order valence-corrected chi connectivity index (χ2v) is 6.56. The molecule has 2 unspecified atom stereocenters. The SMILES string of the molecule is CC(OC(=O)CC(C)c1ccccc1)C(=O)Nc1ccc(Br)cc1. The summed E-state index contributed by atoms with van der Waals surface area (Å²) in [6, 6.07) is 17.0. The lowest BCUT2D eigenvalue weighted by Crippen LogP contribution is -2.30.